The van der Waals surface area contributed by atoms with Crippen LogP contribution in [-0.2, 0) is 17.6 Å². The third kappa shape index (κ3) is 5.79. The standard InChI is InChI=1S/C18H21NO2/c20-18(21)11-12-19-17(13-15-7-3-1-4-8-15)14-16-9-5-2-6-10-16/h1-10,17,19H,11-14H2,(H,20,21). The number of rotatable bonds is 8. The minimum atomic E-state index is -0.763. The van der Waals surface area contributed by atoms with E-state index in [1.165, 1.54) is 11.1 Å². The molecule has 0 atom stereocenters. The summed E-state index contributed by atoms with van der Waals surface area (Å²) in [6.07, 6.45) is 1.95. The molecule has 0 aliphatic carbocycles. The van der Waals surface area contributed by atoms with Gasteiger partial charge in [-0.15, -0.1) is 0 Å². The Morgan fingerprint density at radius 3 is 1.81 bits per heavy atom. The van der Waals surface area contributed by atoms with Crippen molar-refractivity contribution in [3.8, 4) is 0 Å². The number of carbonyl (C=O) groups is 1. The predicted octanol–water partition coefficient (Wildman–Crippen LogP) is 2.90. The molecule has 0 aliphatic heterocycles. The van der Waals surface area contributed by atoms with Crippen LogP contribution < -0.4 is 5.32 Å². The van der Waals surface area contributed by atoms with Crippen molar-refractivity contribution in [3.63, 3.8) is 0 Å². The van der Waals surface area contributed by atoms with E-state index in [9.17, 15) is 4.79 Å². The number of hydrogen-bond donors (Lipinski definition) is 2. The summed E-state index contributed by atoms with van der Waals surface area (Å²) in [5.74, 6) is -0.763. The third-order valence-corrected chi connectivity index (χ3v) is 3.42. The normalized spacial score (nSPS) is 10.7. The van der Waals surface area contributed by atoms with Gasteiger partial charge in [-0.1, -0.05) is 60.7 Å². The maximum Gasteiger partial charge on any atom is 0.304 e. The van der Waals surface area contributed by atoms with E-state index in [4.69, 9.17) is 5.11 Å². The van der Waals surface area contributed by atoms with Crippen LogP contribution >= 0.6 is 0 Å². The first kappa shape index (κ1) is 15.3. The van der Waals surface area contributed by atoms with E-state index in [1.807, 2.05) is 36.4 Å². The number of carboxylic acids is 1. The summed E-state index contributed by atoms with van der Waals surface area (Å²) in [5.41, 5.74) is 2.53. The minimum Gasteiger partial charge on any atom is -0.481 e. The number of hydrogen-bond acceptors (Lipinski definition) is 2. The van der Waals surface area contributed by atoms with E-state index < -0.39 is 5.97 Å². The molecule has 0 unspecified atom stereocenters. The van der Waals surface area contributed by atoms with Gasteiger partial charge < -0.3 is 10.4 Å². The van der Waals surface area contributed by atoms with Gasteiger partial charge in [-0.05, 0) is 24.0 Å². The van der Waals surface area contributed by atoms with Crippen LogP contribution in [0.2, 0.25) is 0 Å². The second-order valence-corrected chi connectivity index (χ2v) is 5.17. The fourth-order valence-corrected chi connectivity index (χ4v) is 2.40. The van der Waals surface area contributed by atoms with Crippen molar-refractivity contribution < 1.29 is 9.90 Å². The van der Waals surface area contributed by atoms with Crippen molar-refractivity contribution in [1.29, 1.82) is 0 Å². The molecule has 0 fully saturated rings. The number of nitrogens with one attached hydrogen (secondary N) is 1. The van der Waals surface area contributed by atoms with Gasteiger partial charge in [0, 0.05) is 12.6 Å². The largest absolute Gasteiger partial charge is 0.481 e. The molecule has 0 spiro atoms. The first-order chi connectivity index (χ1) is 10.2. The highest BCUT2D eigenvalue weighted by Gasteiger charge is 2.10. The maximum absolute atomic E-state index is 10.7. The smallest absolute Gasteiger partial charge is 0.304 e. The predicted molar refractivity (Wildman–Crippen MR) is 84.3 cm³/mol. The Morgan fingerprint density at radius 1 is 0.905 bits per heavy atom. The summed E-state index contributed by atoms with van der Waals surface area (Å²) >= 11 is 0. The molecule has 2 aromatic carbocycles. The first-order valence-corrected chi connectivity index (χ1v) is 7.27. The van der Waals surface area contributed by atoms with Gasteiger partial charge in [0.05, 0.1) is 6.42 Å². The van der Waals surface area contributed by atoms with Gasteiger partial charge in [-0.25, -0.2) is 0 Å². The molecule has 3 nitrogen and oxygen atoms in total. The lowest BCUT2D eigenvalue weighted by atomic mass is 9.99. The van der Waals surface area contributed by atoms with Crippen molar-refractivity contribution in [1.82, 2.24) is 5.32 Å². The van der Waals surface area contributed by atoms with Gasteiger partial charge in [0.2, 0.25) is 0 Å². The number of carboxylic acid groups (broad SMARTS) is 1. The van der Waals surface area contributed by atoms with Crippen LogP contribution in [0.5, 0.6) is 0 Å². The lowest BCUT2D eigenvalue weighted by Crippen LogP contribution is -2.34. The zero-order chi connectivity index (χ0) is 14.9. The molecule has 2 rings (SSSR count). The van der Waals surface area contributed by atoms with E-state index in [1.54, 1.807) is 0 Å². The summed E-state index contributed by atoms with van der Waals surface area (Å²) < 4.78 is 0. The molecular weight excluding hydrogens is 262 g/mol. The zero-order valence-electron chi connectivity index (χ0n) is 12.0. The van der Waals surface area contributed by atoms with Crippen LogP contribution in [0.25, 0.3) is 0 Å². The van der Waals surface area contributed by atoms with Crippen molar-refractivity contribution in [2.45, 2.75) is 25.3 Å². The SMILES string of the molecule is O=C(O)CCNC(Cc1ccccc1)Cc1ccccc1. The Bertz CT molecular complexity index is 498. The van der Waals surface area contributed by atoms with E-state index in [2.05, 4.69) is 29.6 Å². The highest BCUT2D eigenvalue weighted by atomic mass is 16.4. The summed E-state index contributed by atoms with van der Waals surface area (Å²) in [6, 6.07) is 20.8. The number of aliphatic carboxylic acids is 1. The molecule has 3 heteroatoms. The maximum atomic E-state index is 10.7. The van der Waals surface area contributed by atoms with Gasteiger partial charge in [0.25, 0.3) is 0 Å². The Hall–Kier alpha value is -2.13. The molecule has 2 aromatic rings. The molecule has 0 radical (unpaired) electrons. The Labute approximate surface area is 125 Å². The number of benzene rings is 2. The monoisotopic (exact) mass is 283 g/mol. The van der Waals surface area contributed by atoms with Crippen molar-refractivity contribution >= 4 is 5.97 Å². The minimum absolute atomic E-state index is 0.153. The van der Waals surface area contributed by atoms with Gasteiger partial charge >= 0.3 is 5.97 Å². The summed E-state index contributed by atoms with van der Waals surface area (Å²) in [4.78, 5) is 10.7. The van der Waals surface area contributed by atoms with Crippen molar-refractivity contribution in [2.75, 3.05) is 6.54 Å². The van der Waals surface area contributed by atoms with Crippen molar-refractivity contribution in [3.05, 3.63) is 71.8 Å². The Kier molecular flexibility index (Phi) is 5.98. The molecule has 2 N–H and O–H groups in total. The second-order valence-electron chi connectivity index (χ2n) is 5.17. The van der Waals surface area contributed by atoms with Gasteiger partial charge in [0.15, 0.2) is 0 Å². The quantitative estimate of drug-likeness (QED) is 0.783. The molecule has 0 bridgehead atoms. The molecule has 0 saturated heterocycles. The summed E-state index contributed by atoms with van der Waals surface area (Å²) in [7, 11) is 0. The zero-order valence-corrected chi connectivity index (χ0v) is 12.0. The van der Waals surface area contributed by atoms with E-state index in [-0.39, 0.29) is 12.5 Å². The van der Waals surface area contributed by atoms with Crippen molar-refractivity contribution in [2.24, 2.45) is 0 Å². The van der Waals surface area contributed by atoms with Crippen LogP contribution in [0, 0.1) is 0 Å². The Balaban J connectivity index is 1.97. The van der Waals surface area contributed by atoms with Crippen LogP contribution in [0.1, 0.15) is 17.5 Å². The van der Waals surface area contributed by atoms with E-state index in [0.29, 0.717) is 6.54 Å². The fourth-order valence-electron chi connectivity index (χ4n) is 2.40. The molecule has 0 aliphatic rings. The van der Waals surface area contributed by atoms with E-state index >= 15 is 0 Å². The van der Waals surface area contributed by atoms with E-state index in [0.717, 1.165) is 12.8 Å². The molecule has 21 heavy (non-hydrogen) atoms. The molecule has 0 amide bonds. The summed E-state index contributed by atoms with van der Waals surface area (Å²) in [5, 5.41) is 12.1. The Morgan fingerprint density at radius 2 is 1.38 bits per heavy atom. The molecule has 0 saturated carbocycles. The third-order valence-electron chi connectivity index (χ3n) is 3.42. The lowest BCUT2D eigenvalue weighted by Gasteiger charge is -2.19. The van der Waals surface area contributed by atoms with Gasteiger partial charge in [0.1, 0.15) is 0 Å². The van der Waals surface area contributed by atoms with Crippen LogP contribution in [-0.4, -0.2) is 23.7 Å². The average molecular weight is 283 g/mol. The molecule has 0 aromatic heterocycles. The highest BCUT2D eigenvalue weighted by Crippen LogP contribution is 2.09. The average Bonchev–Trinajstić information content (AvgIpc) is 2.49. The van der Waals surface area contributed by atoms with Gasteiger partial charge in [-0.3, -0.25) is 4.79 Å². The van der Waals surface area contributed by atoms with Crippen LogP contribution in [0.3, 0.4) is 0 Å². The van der Waals surface area contributed by atoms with Crippen LogP contribution in [0.15, 0.2) is 60.7 Å². The summed E-state index contributed by atoms with van der Waals surface area (Å²) in [6.45, 7) is 0.500. The second kappa shape index (κ2) is 8.22. The van der Waals surface area contributed by atoms with Gasteiger partial charge in [-0.2, -0.15) is 0 Å². The molecule has 0 heterocycles. The molecular formula is C18H21NO2. The first-order valence-electron chi connectivity index (χ1n) is 7.27. The fraction of sp³-hybridized carbons (Fsp3) is 0.278. The topological polar surface area (TPSA) is 49.3 Å². The van der Waals surface area contributed by atoms with Crippen LogP contribution in [0.4, 0.5) is 0 Å². The highest BCUT2D eigenvalue weighted by molar-refractivity contribution is 5.66. The molecule has 110 valence electrons. The lowest BCUT2D eigenvalue weighted by molar-refractivity contribution is -0.136.